The molecular weight excluding hydrogens is 161 g/mol. The van der Waals surface area contributed by atoms with E-state index in [0.717, 1.165) is 6.92 Å². The van der Waals surface area contributed by atoms with Crippen molar-refractivity contribution < 1.29 is 20.9 Å². The van der Waals surface area contributed by atoms with Gasteiger partial charge >= 0.3 is 17.6 Å². The molecule has 0 unspecified atom stereocenters. The Balaban J connectivity index is -0.0000000150. The predicted octanol–water partition coefficient (Wildman–Crippen LogP) is -3.01. The Morgan fingerprint density at radius 3 is 1.43 bits per heavy atom. The maximum atomic E-state index is 9.00. The number of hydrogen-bond donors (Lipinski definition) is 1. The molecule has 5 heteroatoms. The molecule has 0 saturated heterocycles. The Morgan fingerprint density at radius 2 is 1.43 bits per heavy atom. The summed E-state index contributed by atoms with van der Waals surface area (Å²) in [5, 5.41) is 7.42. The van der Waals surface area contributed by atoms with Crippen LogP contribution in [0.2, 0.25) is 0 Å². The molecule has 0 aromatic heterocycles. The summed E-state index contributed by atoms with van der Waals surface area (Å²) in [5.74, 6) is -0.833. The van der Waals surface area contributed by atoms with E-state index >= 15 is 0 Å². The maximum absolute atomic E-state index is 9.00. The molecule has 0 aromatic rings. The van der Waals surface area contributed by atoms with Crippen molar-refractivity contribution in [3.05, 3.63) is 0 Å². The molecule has 48 valence electrons. The van der Waals surface area contributed by atoms with Crippen LogP contribution in [0.25, 0.3) is 0 Å². The Bertz CT molecular complexity index is 32.7. The Labute approximate surface area is 52.1 Å². The summed E-state index contributed by atoms with van der Waals surface area (Å²) < 4.78 is 0. The molecule has 0 atom stereocenters. The second-order valence-electron chi connectivity index (χ2n) is 0.519. The van der Waals surface area contributed by atoms with Gasteiger partial charge in [-0.2, -0.15) is 0 Å². The number of carboxylic acids is 1. The summed E-state index contributed by atoms with van der Waals surface area (Å²) >= 11 is 0. The number of hydrogen-bond acceptors (Lipinski definition) is 1. The van der Waals surface area contributed by atoms with Gasteiger partial charge in [0.05, 0.1) is 0 Å². The molecule has 0 aliphatic rings. The van der Waals surface area contributed by atoms with E-state index in [-0.39, 0.29) is 28.5 Å². The van der Waals surface area contributed by atoms with E-state index in [1.165, 1.54) is 0 Å². The van der Waals surface area contributed by atoms with Crippen molar-refractivity contribution in [1.82, 2.24) is 0 Å². The summed E-state index contributed by atoms with van der Waals surface area (Å²) in [6, 6.07) is 0. The van der Waals surface area contributed by atoms with Crippen molar-refractivity contribution in [3.63, 3.8) is 0 Å². The first-order chi connectivity index (χ1) is 1.73. The average molecular weight is 173 g/mol. The van der Waals surface area contributed by atoms with Gasteiger partial charge in [-0.15, -0.1) is 0 Å². The number of carbonyl (C=O) groups is 1. The van der Waals surface area contributed by atoms with Gasteiger partial charge in [-0.25, -0.2) is 0 Å². The van der Waals surface area contributed by atoms with E-state index in [1.807, 2.05) is 0 Å². The minimum atomic E-state index is -0.833. The predicted molar refractivity (Wildman–Crippen MR) is 31.9 cm³/mol. The van der Waals surface area contributed by atoms with Crippen molar-refractivity contribution in [2.24, 2.45) is 0 Å². The fraction of sp³-hybridized carbons (Fsp3) is 0.500. The monoisotopic (exact) mass is 174 g/mol. The summed E-state index contributed by atoms with van der Waals surface area (Å²) in [4.78, 5) is 9.00. The zero-order valence-corrected chi connectivity index (χ0v) is 3.36. The second kappa shape index (κ2) is 16.8. The van der Waals surface area contributed by atoms with Crippen LogP contribution in [0.15, 0.2) is 0 Å². The zero-order chi connectivity index (χ0) is 3.58. The van der Waals surface area contributed by atoms with Crippen LogP contribution in [0.4, 0.5) is 0 Å². The normalized spacial score (nSPS) is 3.57. The van der Waals surface area contributed by atoms with Gasteiger partial charge in [0, 0.05) is 6.92 Å². The van der Waals surface area contributed by atoms with Gasteiger partial charge < -0.3 is 16.1 Å². The van der Waals surface area contributed by atoms with Gasteiger partial charge in [-0.3, -0.25) is 4.79 Å². The van der Waals surface area contributed by atoms with Gasteiger partial charge in [0.1, 0.15) is 0 Å². The third kappa shape index (κ3) is 20400. The van der Waals surface area contributed by atoms with Crippen LogP contribution in [0, 0.1) is 0 Å². The number of rotatable bonds is 0. The molecule has 0 rings (SSSR count). The first-order valence-corrected chi connectivity index (χ1v) is 0.928. The summed E-state index contributed by atoms with van der Waals surface area (Å²) in [6.45, 7) is 1.08. The summed E-state index contributed by atoms with van der Waals surface area (Å²) in [6.07, 6.45) is 0. The molecule has 5 N–H and O–H groups in total. The molecule has 4 nitrogen and oxygen atoms in total. The van der Waals surface area contributed by atoms with Crippen LogP contribution < -0.4 is 0 Å². The van der Waals surface area contributed by atoms with Crippen LogP contribution in [0.5, 0.6) is 0 Å². The first-order valence-electron chi connectivity index (χ1n) is 0.928. The van der Waals surface area contributed by atoms with Crippen molar-refractivity contribution in [1.29, 1.82) is 0 Å². The van der Waals surface area contributed by atoms with Crippen LogP contribution in [0.1, 0.15) is 6.92 Å². The van der Waals surface area contributed by atoms with Gasteiger partial charge in [0.15, 0.2) is 0 Å². The molecule has 0 heterocycles. The molecule has 0 bridgehead atoms. The van der Waals surface area contributed by atoms with Crippen molar-refractivity contribution >= 4 is 23.6 Å². The van der Waals surface area contributed by atoms with Gasteiger partial charge in [-0.1, -0.05) is 0 Å². The fourth-order valence-electron chi connectivity index (χ4n) is 0. The summed E-state index contributed by atoms with van der Waals surface area (Å²) in [5.41, 5.74) is 0. The third-order valence-corrected chi connectivity index (χ3v) is 0. The SMILES string of the molecule is CC(=O)O.O.O.[GeH4]. The molecule has 0 aliphatic heterocycles. The van der Waals surface area contributed by atoms with Gasteiger partial charge in [-0.05, 0) is 0 Å². The fourth-order valence-corrected chi connectivity index (χ4v) is 0. The topological polar surface area (TPSA) is 100 Å². The van der Waals surface area contributed by atoms with Gasteiger partial charge in [0.25, 0.3) is 5.97 Å². The van der Waals surface area contributed by atoms with Crippen molar-refractivity contribution in [2.45, 2.75) is 6.92 Å². The molecular formula is C2H12GeO4. The Hall–Kier alpha value is -0.0671. The third-order valence-electron chi connectivity index (χ3n) is 0. The van der Waals surface area contributed by atoms with Crippen LogP contribution in [0.3, 0.4) is 0 Å². The van der Waals surface area contributed by atoms with E-state index < -0.39 is 5.97 Å². The molecule has 0 saturated carbocycles. The Morgan fingerprint density at radius 1 is 1.43 bits per heavy atom. The second-order valence-corrected chi connectivity index (χ2v) is 0.519. The number of aliphatic carboxylic acids is 1. The molecule has 0 amide bonds. The van der Waals surface area contributed by atoms with Gasteiger partial charge in [0.2, 0.25) is 0 Å². The molecule has 0 spiro atoms. The van der Waals surface area contributed by atoms with E-state index in [4.69, 9.17) is 9.90 Å². The number of carboxylic acid groups (broad SMARTS) is 1. The van der Waals surface area contributed by atoms with E-state index in [0.29, 0.717) is 0 Å². The van der Waals surface area contributed by atoms with Crippen molar-refractivity contribution in [3.8, 4) is 0 Å². The van der Waals surface area contributed by atoms with E-state index in [1.54, 1.807) is 0 Å². The van der Waals surface area contributed by atoms with Crippen LogP contribution in [-0.4, -0.2) is 39.6 Å². The first kappa shape index (κ1) is 28.4. The van der Waals surface area contributed by atoms with Crippen LogP contribution in [-0.2, 0) is 4.79 Å². The standard InChI is InChI=1S/C2H4O2.GeH4.2H2O/c1-2(3)4;;;/h1H3,(H,3,4);1H4;2*1H2. The molecule has 0 fully saturated rings. The van der Waals surface area contributed by atoms with Crippen molar-refractivity contribution in [2.75, 3.05) is 0 Å². The zero-order valence-electron chi connectivity index (χ0n) is 3.36. The van der Waals surface area contributed by atoms with E-state index in [9.17, 15) is 0 Å². The molecule has 0 aromatic carbocycles. The molecule has 7 heavy (non-hydrogen) atoms. The average Bonchev–Trinajstić information content (AvgIpc) is 0.811. The molecule has 0 radical (unpaired) electrons. The summed E-state index contributed by atoms with van der Waals surface area (Å²) in [7, 11) is 0. The van der Waals surface area contributed by atoms with Crippen LogP contribution >= 0.6 is 0 Å². The quantitative estimate of drug-likeness (QED) is 0.394. The Kier molecular flexibility index (Phi) is 68.0. The van der Waals surface area contributed by atoms with E-state index in [2.05, 4.69) is 0 Å². The molecule has 0 aliphatic carbocycles. The minimum absolute atomic E-state index is 0.